The summed E-state index contributed by atoms with van der Waals surface area (Å²) in [5, 5.41) is 10.4. The van der Waals surface area contributed by atoms with Gasteiger partial charge >= 0.3 is 0 Å². The number of hydrogen-bond acceptors (Lipinski definition) is 4. The number of rotatable bonds is 4. The number of hydrogen-bond donors (Lipinski definition) is 1. The third kappa shape index (κ3) is 3.71. The number of nitrogens with zero attached hydrogens (tertiary/aromatic N) is 4. The molecule has 0 atom stereocenters. The summed E-state index contributed by atoms with van der Waals surface area (Å²) >= 11 is 0. The second kappa shape index (κ2) is 8.78. The third-order valence-electron chi connectivity index (χ3n) is 6.60. The van der Waals surface area contributed by atoms with Crippen LogP contribution in [-0.2, 0) is 7.05 Å². The van der Waals surface area contributed by atoms with Crippen LogP contribution in [-0.4, -0.2) is 24.6 Å². The Bertz CT molecular complexity index is 1720. The van der Waals surface area contributed by atoms with Crippen LogP contribution in [0.1, 0.15) is 5.56 Å². The minimum atomic E-state index is 0.201. The van der Waals surface area contributed by atoms with E-state index >= 15 is 0 Å². The maximum atomic E-state index is 10.4. The molecule has 6 rings (SSSR count). The lowest BCUT2D eigenvalue weighted by Crippen LogP contribution is -1.93. The molecule has 3 aromatic heterocycles. The van der Waals surface area contributed by atoms with Crippen molar-refractivity contribution in [2.75, 3.05) is 0 Å². The Morgan fingerprint density at radius 3 is 2.28 bits per heavy atom. The van der Waals surface area contributed by atoms with Crippen molar-refractivity contribution in [3.63, 3.8) is 0 Å². The standard InChI is InChI=1S/C31H24N4O/c1-20-17-33-27(16-25(20)21-9-4-3-5-10-21)23-12-8-11-22(15-23)26-18-32-19-28-30(26)34-31(35(28)2)24-13-6-7-14-29(24)36/h3-19,36H,1-2H3. The Hall–Kier alpha value is -4.77. The monoisotopic (exact) mass is 468 g/mol. The fourth-order valence-corrected chi connectivity index (χ4v) is 4.67. The molecule has 3 aromatic carbocycles. The number of pyridine rings is 2. The maximum Gasteiger partial charge on any atom is 0.144 e. The quantitative estimate of drug-likeness (QED) is 0.301. The van der Waals surface area contributed by atoms with E-state index in [9.17, 15) is 5.11 Å². The molecule has 3 heterocycles. The van der Waals surface area contributed by atoms with Crippen molar-refractivity contribution >= 4 is 11.0 Å². The Morgan fingerprint density at radius 2 is 1.44 bits per heavy atom. The lowest BCUT2D eigenvalue weighted by Gasteiger charge is -2.10. The van der Waals surface area contributed by atoms with Crippen LogP contribution in [0.5, 0.6) is 5.75 Å². The number of aromatic nitrogens is 4. The van der Waals surface area contributed by atoms with Crippen molar-refractivity contribution in [1.29, 1.82) is 0 Å². The molecule has 0 aliphatic rings. The average Bonchev–Trinajstić information content (AvgIpc) is 3.26. The molecule has 0 unspecified atom stereocenters. The molecule has 0 fully saturated rings. The first-order valence-electron chi connectivity index (χ1n) is 11.8. The predicted octanol–water partition coefficient (Wildman–Crippen LogP) is 7.05. The van der Waals surface area contributed by atoms with E-state index in [1.165, 1.54) is 11.1 Å². The van der Waals surface area contributed by atoms with E-state index in [4.69, 9.17) is 9.97 Å². The number of aryl methyl sites for hydroxylation is 2. The number of aromatic hydroxyl groups is 1. The Labute approximate surface area is 209 Å². The molecule has 0 aliphatic heterocycles. The number of phenols is 1. The zero-order chi connectivity index (χ0) is 24.6. The number of fused-ring (bicyclic) bond motifs is 1. The summed E-state index contributed by atoms with van der Waals surface area (Å²) in [5.74, 6) is 0.897. The minimum Gasteiger partial charge on any atom is -0.507 e. The van der Waals surface area contributed by atoms with Crippen LogP contribution in [0.2, 0.25) is 0 Å². The summed E-state index contributed by atoms with van der Waals surface area (Å²) in [6.07, 6.45) is 5.60. The van der Waals surface area contributed by atoms with Gasteiger partial charge in [-0.2, -0.15) is 0 Å². The van der Waals surface area contributed by atoms with Gasteiger partial charge in [-0.05, 0) is 53.4 Å². The first kappa shape index (κ1) is 21.7. The highest BCUT2D eigenvalue weighted by atomic mass is 16.3. The fourth-order valence-electron chi connectivity index (χ4n) is 4.67. The van der Waals surface area contributed by atoms with Gasteiger partial charge in [0.15, 0.2) is 0 Å². The van der Waals surface area contributed by atoms with Crippen LogP contribution in [0.25, 0.3) is 55.9 Å². The van der Waals surface area contributed by atoms with Crippen LogP contribution >= 0.6 is 0 Å². The fraction of sp³-hybridized carbons (Fsp3) is 0.0645. The van der Waals surface area contributed by atoms with Gasteiger partial charge < -0.3 is 9.67 Å². The number of para-hydroxylation sites is 1. The van der Waals surface area contributed by atoms with Crippen molar-refractivity contribution in [3.05, 3.63) is 109 Å². The van der Waals surface area contributed by atoms with Crippen molar-refractivity contribution in [3.8, 4) is 50.6 Å². The molecule has 0 bridgehead atoms. The molecule has 174 valence electrons. The highest BCUT2D eigenvalue weighted by Crippen LogP contribution is 2.35. The summed E-state index contributed by atoms with van der Waals surface area (Å²) in [6, 6.07) is 28.1. The van der Waals surface area contributed by atoms with Crippen LogP contribution < -0.4 is 0 Å². The second-order valence-corrected chi connectivity index (χ2v) is 8.90. The zero-order valence-corrected chi connectivity index (χ0v) is 20.1. The Morgan fingerprint density at radius 1 is 0.694 bits per heavy atom. The molecule has 5 nitrogen and oxygen atoms in total. The van der Waals surface area contributed by atoms with Crippen LogP contribution in [0.15, 0.2) is 104 Å². The molecular weight excluding hydrogens is 444 g/mol. The summed E-state index contributed by atoms with van der Waals surface area (Å²) in [7, 11) is 1.94. The molecule has 5 heteroatoms. The second-order valence-electron chi connectivity index (χ2n) is 8.90. The van der Waals surface area contributed by atoms with Crippen LogP contribution in [0, 0.1) is 6.92 Å². The third-order valence-corrected chi connectivity index (χ3v) is 6.60. The van der Waals surface area contributed by atoms with Gasteiger partial charge in [-0.15, -0.1) is 0 Å². The Kier molecular flexibility index (Phi) is 5.30. The van der Waals surface area contributed by atoms with E-state index in [1.807, 2.05) is 60.5 Å². The molecule has 0 saturated carbocycles. The summed E-state index contributed by atoms with van der Waals surface area (Å²) < 4.78 is 1.97. The van der Waals surface area contributed by atoms with Crippen LogP contribution in [0.4, 0.5) is 0 Å². The molecular formula is C31H24N4O. The minimum absolute atomic E-state index is 0.201. The number of benzene rings is 3. The van der Waals surface area contributed by atoms with E-state index in [0.717, 1.165) is 39.0 Å². The average molecular weight is 469 g/mol. The zero-order valence-electron chi connectivity index (χ0n) is 20.1. The van der Waals surface area contributed by atoms with Crippen molar-refractivity contribution in [2.24, 2.45) is 7.05 Å². The lowest BCUT2D eigenvalue weighted by molar-refractivity contribution is 0.476. The van der Waals surface area contributed by atoms with Crippen LogP contribution in [0.3, 0.4) is 0 Å². The first-order valence-corrected chi connectivity index (χ1v) is 11.8. The summed E-state index contributed by atoms with van der Waals surface area (Å²) in [6.45, 7) is 2.09. The Balaban J connectivity index is 1.47. The smallest absolute Gasteiger partial charge is 0.144 e. The summed E-state index contributed by atoms with van der Waals surface area (Å²) in [4.78, 5) is 14.2. The van der Waals surface area contributed by atoms with E-state index in [2.05, 4.69) is 60.4 Å². The van der Waals surface area contributed by atoms with E-state index < -0.39 is 0 Å². The molecule has 6 aromatic rings. The van der Waals surface area contributed by atoms with Gasteiger partial charge in [0.25, 0.3) is 0 Å². The topological polar surface area (TPSA) is 63.8 Å². The molecule has 0 aliphatic carbocycles. The first-order chi connectivity index (χ1) is 17.6. The van der Waals surface area contributed by atoms with Crippen molar-refractivity contribution in [2.45, 2.75) is 6.92 Å². The predicted molar refractivity (Wildman–Crippen MR) is 144 cm³/mol. The van der Waals surface area contributed by atoms with Crippen molar-refractivity contribution < 1.29 is 5.11 Å². The highest BCUT2D eigenvalue weighted by Gasteiger charge is 2.17. The number of phenolic OH excluding ortho intramolecular Hbond substituents is 1. The normalized spacial score (nSPS) is 11.2. The van der Waals surface area contributed by atoms with Gasteiger partial charge in [0.1, 0.15) is 17.1 Å². The molecule has 0 radical (unpaired) electrons. The SMILES string of the molecule is Cc1cnc(-c2cccc(-c3cncc4c3nc(-c3ccccc3O)n4C)c2)cc1-c1ccccc1. The van der Waals surface area contributed by atoms with Gasteiger partial charge in [0, 0.05) is 30.6 Å². The molecule has 0 amide bonds. The largest absolute Gasteiger partial charge is 0.507 e. The van der Waals surface area contributed by atoms with Gasteiger partial charge in [-0.1, -0.05) is 60.7 Å². The number of imidazole rings is 1. The molecule has 0 saturated heterocycles. The lowest BCUT2D eigenvalue weighted by atomic mass is 9.98. The van der Waals surface area contributed by atoms with E-state index in [0.29, 0.717) is 11.4 Å². The van der Waals surface area contributed by atoms with Gasteiger partial charge in [-0.25, -0.2) is 4.98 Å². The molecule has 0 spiro atoms. The van der Waals surface area contributed by atoms with E-state index in [1.54, 1.807) is 6.07 Å². The highest BCUT2D eigenvalue weighted by molar-refractivity contribution is 5.94. The van der Waals surface area contributed by atoms with Gasteiger partial charge in [0.05, 0.1) is 23.0 Å². The van der Waals surface area contributed by atoms with Gasteiger partial charge in [-0.3, -0.25) is 9.97 Å². The molecule has 36 heavy (non-hydrogen) atoms. The maximum absolute atomic E-state index is 10.4. The van der Waals surface area contributed by atoms with Gasteiger partial charge in [0.2, 0.25) is 0 Å². The molecule has 1 N–H and O–H groups in total. The summed E-state index contributed by atoms with van der Waals surface area (Å²) in [5.41, 5.74) is 9.80. The van der Waals surface area contributed by atoms with Crippen molar-refractivity contribution in [1.82, 2.24) is 19.5 Å². The van der Waals surface area contributed by atoms with E-state index in [-0.39, 0.29) is 5.75 Å².